The molecule has 0 heterocycles. The van der Waals surface area contributed by atoms with E-state index >= 15 is 0 Å². The second-order valence-electron chi connectivity index (χ2n) is 4.09. The van der Waals surface area contributed by atoms with Gasteiger partial charge in [-0.2, -0.15) is 0 Å². The zero-order valence-corrected chi connectivity index (χ0v) is 10.8. The van der Waals surface area contributed by atoms with Gasteiger partial charge in [0.15, 0.2) is 0 Å². The second-order valence-corrected chi connectivity index (χ2v) is 4.09. The predicted octanol–water partition coefficient (Wildman–Crippen LogP) is 2.52. The first-order valence-corrected chi connectivity index (χ1v) is 6.35. The molecule has 3 heteroatoms. The molecule has 0 aromatic heterocycles. The summed E-state index contributed by atoms with van der Waals surface area (Å²) in [6.07, 6.45) is 3.73. The lowest BCUT2D eigenvalue weighted by molar-refractivity contribution is -0.116. The Kier molecular flexibility index (Phi) is 6.60. The molecule has 0 unspecified atom stereocenters. The van der Waals surface area contributed by atoms with E-state index in [4.69, 9.17) is 5.73 Å². The summed E-state index contributed by atoms with van der Waals surface area (Å²) >= 11 is 0. The van der Waals surface area contributed by atoms with Crippen molar-refractivity contribution in [3.05, 3.63) is 29.8 Å². The maximum atomic E-state index is 11.6. The van der Waals surface area contributed by atoms with Gasteiger partial charge in [-0.15, -0.1) is 0 Å². The number of nitrogens with two attached hydrogens (primary N) is 1. The van der Waals surface area contributed by atoms with Crippen LogP contribution in [0.5, 0.6) is 0 Å². The van der Waals surface area contributed by atoms with Crippen LogP contribution in [0.4, 0.5) is 5.69 Å². The number of rotatable bonds is 5. The summed E-state index contributed by atoms with van der Waals surface area (Å²) in [4.78, 5) is 11.6. The van der Waals surface area contributed by atoms with Gasteiger partial charge in [0, 0.05) is 17.7 Å². The molecular formula is C15H20N2O. The van der Waals surface area contributed by atoms with Gasteiger partial charge in [0.25, 0.3) is 0 Å². The van der Waals surface area contributed by atoms with Crippen LogP contribution in [0.2, 0.25) is 0 Å². The minimum Gasteiger partial charge on any atom is -0.326 e. The highest BCUT2D eigenvalue weighted by Gasteiger charge is 2.01. The Bertz CT molecular complexity index is 443. The number of hydrogen-bond acceptors (Lipinski definition) is 2. The number of amides is 1. The molecular weight excluding hydrogens is 224 g/mol. The van der Waals surface area contributed by atoms with Crippen LogP contribution in [0.3, 0.4) is 0 Å². The van der Waals surface area contributed by atoms with Gasteiger partial charge in [-0.25, -0.2) is 0 Å². The van der Waals surface area contributed by atoms with E-state index in [0.717, 1.165) is 30.5 Å². The van der Waals surface area contributed by atoms with Gasteiger partial charge in [0.1, 0.15) is 0 Å². The fourth-order valence-electron chi connectivity index (χ4n) is 1.59. The molecule has 0 atom stereocenters. The molecule has 0 aliphatic heterocycles. The lowest BCUT2D eigenvalue weighted by Gasteiger charge is -2.05. The summed E-state index contributed by atoms with van der Waals surface area (Å²) in [5.41, 5.74) is 6.98. The number of carbonyl (C=O) groups is 1. The Balaban J connectivity index is 2.53. The molecule has 0 aliphatic carbocycles. The normalized spacial score (nSPS) is 9.44. The van der Waals surface area contributed by atoms with E-state index < -0.39 is 0 Å². The molecule has 1 rings (SSSR count). The van der Waals surface area contributed by atoms with E-state index in [1.165, 1.54) is 0 Å². The number of benzene rings is 1. The summed E-state index contributed by atoms with van der Waals surface area (Å²) in [6, 6.07) is 7.50. The minimum atomic E-state index is 0.0624. The number of nitrogens with one attached hydrogen (secondary N) is 1. The van der Waals surface area contributed by atoms with Crippen molar-refractivity contribution in [3.63, 3.8) is 0 Å². The van der Waals surface area contributed by atoms with E-state index in [9.17, 15) is 4.79 Å². The highest BCUT2D eigenvalue weighted by atomic mass is 16.1. The second kappa shape index (κ2) is 8.32. The summed E-state index contributed by atoms with van der Waals surface area (Å²) in [6.45, 7) is 2.46. The highest BCUT2D eigenvalue weighted by molar-refractivity contribution is 5.90. The quantitative estimate of drug-likeness (QED) is 0.617. The Morgan fingerprint density at radius 3 is 2.94 bits per heavy atom. The number of unbranched alkanes of at least 4 members (excludes halogenated alkanes) is 2. The summed E-state index contributed by atoms with van der Waals surface area (Å²) < 4.78 is 0. The number of anilines is 1. The van der Waals surface area contributed by atoms with Crippen molar-refractivity contribution in [1.82, 2.24) is 0 Å². The van der Waals surface area contributed by atoms with Crippen LogP contribution >= 0.6 is 0 Å². The van der Waals surface area contributed by atoms with Crippen molar-refractivity contribution in [2.45, 2.75) is 32.6 Å². The van der Waals surface area contributed by atoms with Crippen LogP contribution in [0.15, 0.2) is 24.3 Å². The zero-order chi connectivity index (χ0) is 13.2. The first-order chi connectivity index (χ1) is 8.76. The summed E-state index contributed by atoms with van der Waals surface area (Å²) in [5, 5.41) is 2.88. The third-order valence-corrected chi connectivity index (χ3v) is 2.49. The first-order valence-electron chi connectivity index (χ1n) is 6.35. The van der Waals surface area contributed by atoms with Gasteiger partial charge in [0.05, 0.1) is 6.54 Å². The lowest BCUT2D eigenvalue weighted by atomic mass is 10.2. The third kappa shape index (κ3) is 5.51. The number of carbonyl (C=O) groups excluding carboxylic acids is 1. The first kappa shape index (κ1) is 14.3. The Labute approximate surface area is 109 Å². The summed E-state index contributed by atoms with van der Waals surface area (Å²) in [5.74, 6) is 5.80. The van der Waals surface area contributed by atoms with Crippen LogP contribution in [0, 0.1) is 11.8 Å². The minimum absolute atomic E-state index is 0.0624. The van der Waals surface area contributed by atoms with E-state index in [1.54, 1.807) is 0 Å². The van der Waals surface area contributed by atoms with Crippen LogP contribution in [-0.4, -0.2) is 12.5 Å². The molecule has 18 heavy (non-hydrogen) atoms. The van der Waals surface area contributed by atoms with Gasteiger partial charge in [0.2, 0.25) is 5.91 Å². The van der Waals surface area contributed by atoms with Crippen molar-refractivity contribution >= 4 is 11.6 Å². The Hall–Kier alpha value is -1.79. The topological polar surface area (TPSA) is 55.1 Å². The van der Waals surface area contributed by atoms with Crippen LogP contribution in [0.1, 0.15) is 38.2 Å². The van der Waals surface area contributed by atoms with E-state index in [-0.39, 0.29) is 5.91 Å². The molecule has 0 fully saturated rings. The molecule has 1 aromatic carbocycles. The molecule has 0 radical (unpaired) electrons. The predicted molar refractivity (Wildman–Crippen MR) is 75.1 cm³/mol. The maximum Gasteiger partial charge on any atom is 0.224 e. The van der Waals surface area contributed by atoms with Gasteiger partial charge < -0.3 is 11.1 Å². The summed E-state index contributed by atoms with van der Waals surface area (Å²) in [7, 11) is 0. The smallest absolute Gasteiger partial charge is 0.224 e. The van der Waals surface area contributed by atoms with Gasteiger partial charge in [-0.3, -0.25) is 4.79 Å². The molecule has 1 amide bonds. The SMILES string of the molecule is CCCCCC(=O)Nc1cccc(C#CCN)c1. The van der Waals surface area contributed by atoms with Crippen molar-refractivity contribution in [3.8, 4) is 11.8 Å². The van der Waals surface area contributed by atoms with Gasteiger partial charge >= 0.3 is 0 Å². The molecule has 3 N–H and O–H groups in total. The molecule has 0 saturated heterocycles. The Morgan fingerprint density at radius 1 is 1.39 bits per heavy atom. The molecule has 0 aliphatic rings. The average molecular weight is 244 g/mol. The van der Waals surface area contributed by atoms with Crippen molar-refractivity contribution in [1.29, 1.82) is 0 Å². The fourth-order valence-corrected chi connectivity index (χ4v) is 1.59. The van der Waals surface area contributed by atoms with Crippen molar-refractivity contribution < 1.29 is 4.79 Å². The van der Waals surface area contributed by atoms with Gasteiger partial charge in [-0.1, -0.05) is 37.7 Å². The average Bonchev–Trinajstić information content (AvgIpc) is 2.37. The molecule has 0 saturated carbocycles. The van der Waals surface area contributed by atoms with Gasteiger partial charge in [-0.05, 0) is 24.6 Å². The highest BCUT2D eigenvalue weighted by Crippen LogP contribution is 2.11. The van der Waals surface area contributed by atoms with Crippen LogP contribution in [0.25, 0.3) is 0 Å². The Morgan fingerprint density at radius 2 is 2.22 bits per heavy atom. The molecule has 3 nitrogen and oxygen atoms in total. The lowest BCUT2D eigenvalue weighted by Crippen LogP contribution is -2.11. The van der Waals surface area contributed by atoms with Crippen molar-refractivity contribution in [2.75, 3.05) is 11.9 Å². The van der Waals surface area contributed by atoms with Crippen LogP contribution in [-0.2, 0) is 4.79 Å². The molecule has 0 spiro atoms. The standard InChI is InChI=1S/C15H20N2O/c1-2-3-4-10-15(18)17-14-9-5-7-13(12-14)8-6-11-16/h5,7,9,12H,2-4,10-11,16H2,1H3,(H,17,18). The monoisotopic (exact) mass is 244 g/mol. The fraction of sp³-hybridized carbons (Fsp3) is 0.400. The molecule has 96 valence electrons. The zero-order valence-electron chi connectivity index (χ0n) is 10.8. The van der Waals surface area contributed by atoms with Crippen LogP contribution < -0.4 is 11.1 Å². The number of hydrogen-bond donors (Lipinski definition) is 2. The maximum absolute atomic E-state index is 11.6. The molecule has 1 aromatic rings. The van der Waals surface area contributed by atoms with E-state index in [0.29, 0.717) is 13.0 Å². The largest absolute Gasteiger partial charge is 0.326 e. The van der Waals surface area contributed by atoms with E-state index in [2.05, 4.69) is 24.1 Å². The molecule has 0 bridgehead atoms. The third-order valence-electron chi connectivity index (χ3n) is 2.49. The van der Waals surface area contributed by atoms with Crippen molar-refractivity contribution in [2.24, 2.45) is 5.73 Å². The van der Waals surface area contributed by atoms with E-state index in [1.807, 2.05) is 24.3 Å².